The molecule has 0 atom stereocenters. The van der Waals surface area contributed by atoms with E-state index in [1.54, 1.807) is 25.2 Å². The average Bonchev–Trinajstić information content (AvgIpc) is 2.86. The maximum Gasteiger partial charge on any atom is 0.265 e. The van der Waals surface area contributed by atoms with E-state index in [-0.39, 0.29) is 4.90 Å². The summed E-state index contributed by atoms with van der Waals surface area (Å²) in [5.41, 5.74) is 6.75. The van der Waals surface area contributed by atoms with Crippen LogP contribution in [0.15, 0.2) is 35.5 Å². The molecule has 0 spiro atoms. The number of sulfonamides is 1. The van der Waals surface area contributed by atoms with Crippen LogP contribution in [0.1, 0.15) is 5.56 Å². The topological polar surface area (TPSA) is 99.2 Å². The lowest BCUT2D eigenvalue weighted by molar-refractivity contribution is 0.416. The monoisotopic (exact) mass is 296 g/mol. The number of aryl methyl sites for hydroxylation is 1. The Morgan fingerprint density at radius 2 is 2.20 bits per heavy atom. The van der Waals surface area contributed by atoms with Crippen molar-refractivity contribution in [3.05, 3.63) is 36.2 Å². The smallest absolute Gasteiger partial charge is 0.265 e. The van der Waals surface area contributed by atoms with E-state index in [1.165, 1.54) is 24.2 Å². The number of methoxy groups -OCH3 is 1. The molecule has 0 saturated heterocycles. The summed E-state index contributed by atoms with van der Waals surface area (Å²) in [7, 11) is -0.571. The molecule has 8 heteroatoms. The van der Waals surface area contributed by atoms with Crippen molar-refractivity contribution in [2.24, 2.45) is 12.8 Å². The van der Waals surface area contributed by atoms with Gasteiger partial charge in [0, 0.05) is 19.8 Å². The van der Waals surface area contributed by atoms with E-state index >= 15 is 0 Å². The molecule has 0 aliphatic heterocycles. The molecule has 0 saturated carbocycles. The number of rotatable bonds is 5. The Morgan fingerprint density at radius 3 is 2.75 bits per heavy atom. The second-order valence-electron chi connectivity index (χ2n) is 4.19. The van der Waals surface area contributed by atoms with E-state index in [1.807, 2.05) is 0 Å². The highest BCUT2D eigenvalue weighted by Gasteiger charge is 2.18. The molecule has 1 aromatic heterocycles. The van der Waals surface area contributed by atoms with Crippen molar-refractivity contribution < 1.29 is 13.2 Å². The molecule has 1 aromatic carbocycles. The van der Waals surface area contributed by atoms with Crippen molar-refractivity contribution in [1.82, 2.24) is 9.78 Å². The van der Waals surface area contributed by atoms with Crippen molar-refractivity contribution in [2.75, 3.05) is 11.8 Å². The molecule has 7 nitrogen and oxygen atoms in total. The summed E-state index contributed by atoms with van der Waals surface area (Å²) in [6.07, 6.45) is 2.70. The lowest BCUT2D eigenvalue weighted by Gasteiger charge is -2.12. The van der Waals surface area contributed by atoms with Crippen LogP contribution in [0.2, 0.25) is 0 Å². The van der Waals surface area contributed by atoms with E-state index in [0.717, 1.165) is 5.56 Å². The zero-order valence-corrected chi connectivity index (χ0v) is 12.0. The van der Waals surface area contributed by atoms with E-state index in [9.17, 15) is 8.42 Å². The maximum absolute atomic E-state index is 12.2. The summed E-state index contributed by atoms with van der Waals surface area (Å²) < 4.78 is 33.4. The summed E-state index contributed by atoms with van der Waals surface area (Å²) in [6, 6.07) is 5.06. The van der Waals surface area contributed by atoms with Crippen LogP contribution in [0.3, 0.4) is 0 Å². The minimum Gasteiger partial charge on any atom is -0.495 e. The van der Waals surface area contributed by atoms with Gasteiger partial charge in [-0.3, -0.25) is 9.40 Å². The molecule has 2 aromatic rings. The van der Waals surface area contributed by atoms with Crippen LogP contribution in [-0.4, -0.2) is 25.3 Å². The minimum atomic E-state index is -3.69. The fraction of sp³-hybridized carbons (Fsp3) is 0.250. The second-order valence-corrected chi connectivity index (χ2v) is 5.88. The van der Waals surface area contributed by atoms with Gasteiger partial charge in [-0.1, -0.05) is 6.07 Å². The van der Waals surface area contributed by atoms with Gasteiger partial charge in [0.2, 0.25) is 0 Å². The molecule has 0 fully saturated rings. The molecule has 3 N–H and O–H groups in total. The lowest BCUT2D eigenvalue weighted by atomic mass is 10.2. The van der Waals surface area contributed by atoms with Crippen LogP contribution in [0.4, 0.5) is 5.69 Å². The molecular formula is C12H16N4O3S. The lowest BCUT2D eigenvalue weighted by Crippen LogP contribution is -2.13. The van der Waals surface area contributed by atoms with Crippen LogP contribution < -0.4 is 15.2 Å². The molecule has 0 aliphatic rings. The fourth-order valence-corrected chi connectivity index (χ4v) is 2.74. The van der Waals surface area contributed by atoms with Gasteiger partial charge in [-0.25, -0.2) is 8.42 Å². The predicted octanol–water partition coefficient (Wildman–Crippen LogP) is 0.688. The number of aromatic nitrogens is 2. The Kier molecular flexibility index (Phi) is 3.96. The Hall–Kier alpha value is -2.06. The summed E-state index contributed by atoms with van der Waals surface area (Å²) in [5.74, 6) is 0.417. The fourth-order valence-electron chi connectivity index (χ4n) is 1.69. The Morgan fingerprint density at radius 1 is 1.45 bits per heavy atom. The largest absolute Gasteiger partial charge is 0.495 e. The summed E-state index contributed by atoms with van der Waals surface area (Å²) in [6.45, 7) is 0.353. The van der Waals surface area contributed by atoms with Crippen molar-refractivity contribution in [3.63, 3.8) is 0 Å². The van der Waals surface area contributed by atoms with Crippen LogP contribution in [0.25, 0.3) is 0 Å². The molecule has 2 rings (SSSR count). The molecule has 0 radical (unpaired) electrons. The van der Waals surface area contributed by atoms with E-state index in [2.05, 4.69) is 9.82 Å². The van der Waals surface area contributed by atoms with Gasteiger partial charge in [-0.2, -0.15) is 5.10 Å². The highest BCUT2D eigenvalue weighted by atomic mass is 32.2. The van der Waals surface area contributed by atoms with Crippen LogP contribution in [-0.2, 0) is 23.6 Å². The zero-order chi connectivity index (χ0) is 14.8. The standard InChI is InChI=1S/C12H16N4O3S/c1-16-8-10(7-14-16)20(17,18)15-11-4-3-9(6-13)5-12(11)19-2/h3-5,7-8,15H,6,13H2,1-2H3. The highest BCUT2D eigenvalue weighted by Crippen LogP contribution is 2.27. The number of hydrogen-bond donors (Lipinski definition) is 2. The number of anilines is 1. The number of benzene rings is 1. The average molecular weight is 296 g/mol. The predicted molar refractivity (Wildman–Crippen MR) is 74.9 cm³/mol. The normalized spacial score (nSPS) is 11.3. The number of ether oxygens (including phenoxy) is 1. The van der Waals surface area contributed by atoms with Crippen LogP contribution in [0.5, 0.6) is 5.75 Å². The van der Waals surface area contributed by atoms with E-state index in [0.29, 0.717) is 18.0 Å². The number of nitrogens with two attached hydrogens (primary N) is 1. The van der Waals surface area contributed by atoms with Gasteiger partial charge in [0.25, 0.3) is 10.0 Å². The Labute approximate surface area is 117 Å². The zero-order valence-electron chi connectivity index (χ0n) is 11.2. The SMILES string of the molecule is COc1cc(CN)ccc1NS(=O)(=O)c1cnn(C)c1. The van der Waals surface area contributed by atoms with E-state index < -0.39 is 10.0 Å². The van der Waals surface area contributed by atoms with Gasteiger partial charge < -0.3 is 10.5 Å². The van der Waals surface area contributed by atoms with Gasteiger partial charge in [-0.15, -0.1) is 0 Å². The number of nitrogens with one attached hydrogen (secondary N) is 1. The molecule has 1 heterocycles. The third kappa shape index (κ3) is 2.91. The first-order chi connectivity index (χ1) is 9.46. The molecule has 0 bridgehead atoms. The van der Waals surface area contributed by atoms with Gasteiger partial charge in [0.05, 0.1) is 19.0 Å². The van der Waals surface area contributed by atoms with Gasteiger partial charge >= 0.3 is 0 Å². The van der Waals surface area contributed by atoms with Crippen molar-refractivity contribution in [3.8, 4) is 5.75 Å². The first-order valence-electron chi connectivity index (χ1n) is 5.84. The maximum atomic E-state index is 12.2. The first kappa shape index (κ1) is 14.4. The van der Waals surface area contributed by atoms with Crippen LogP contribution in [0, 0.1) is 0 Å². The molecule has 0 amide bonds. The summed E-state index contributed by atoms with van der Waals surface area (Å²) >= 11 is 0. The molecule has 0 aliphatic carbocycles. The Balaban J connectivity index is 2.34. The van der Waals surface area contributed by atoms with Gasteiger partial charge in [0.15, 0.2) is 0 Å². The quantitative estimate of drug-likeness (QED) is 0.845. The molecular weight excluding hydrogens is 280 g/mol. The van der Waals surface area contributed by atoms with Crippen molar-refractivity contribution in [2.45, 2.75) is 11.4 Å². The second kappa shape index (κ2) is 5.51. The van der Waals surface area contributed by atoms with E-state index in [4.69, 9.17) is 10.5 Å². The third-order valence-corrected chi connectivity index (χ3v) is 4.06. The van der Waals surface area contributed by atoms with Crippen molar-refractivity contribution in [1.29, 1.82) is 0 Å². The highest BCUT2D eigenvalue weighted by molar-refractivity contribution is 7.92. The molecule has 0 unspecified atom stereocenters. The van der Waals surface area contributed by atoms with Gasteiger partial charge in [-0.05, 0) is 17.7 Å². The van der Waals surface area contributed by atoms with Crippen LogP contribution >= 0.6 is 0 Å². The minimum absolute atomic E-state index is 0.0879. The number of nitrogens with zero attached hydrogens (tertiary/aromatic N) is 2. The number of hydrogen-bond acceptors (Lipinski definition) is 5. The summed E-state index contributed by atoms with van der Waals surface area (Å²) in [4.78, 5) is 0.0879. The molecule has 20 heavy (non-hydrogen) atoms. The van der Waals surface area contributed by atoms with Crippen molar-refractivity contribution >= 4 is 15.7 Å². The summed E-state index contributed by atoms with van der Waals surface area (Å²) in [5, 5.41) is 3.84. The van der Waals surface area contributed by atoms with Gasteiger partial charge in [0.1, 0.15) is 10.6 Å². The Bertz CT molecular complexity index is 709. The molecule has 108 valence electrons. The third-order valence-electron chi connectivity index (χ3n) is 2.74. The first-order valence-corrected chi connectivity index (χ1v) is 7.33.